The molecule has 0 radical (unpaired) electrons. The second-order valence-corrected chi connectivity index (χ2v) is 5.34. The minimum atomic E-state index is 0.543. The van der Waals surface area contributed by atoms with Crippen LogP contribution in [0.2, 0.25) is 5.02 Å². The van der Waals surface area contributed by atoms with E-state index in [1.807, 2.05) is 12.1 Å². The lowest BCUT2D eigenvalue weighted by atomic mass is 10.1. The summed E-state index contributed by atoms with van der Waals surface area (Å²) >= 11 is 6.19. The molecule has 1 aromatic heterocycles. The van der Waals surface area contributed by atoms with Gasteiger partial charge in [0, 0.05) is 37.9 Å². The lowest BCUT2D eigenvalue weighted by Gasteiger charge is -2.42. The van der Waals surface area contributed by atoms with Crippen molar-refractivity contribution >= 4 is 17.4 Å². The maximum absolute atomic E-state index is 6.19. The van der Waals surface area contributed by atoms with E-state index in [0.29, 0.717) is 12.1 Å². The van der Waals surface area contributed by atoms with Crippen molar-refractivity contribution in [3.8, 4) is 0 Å². The summed E-state index contributed by atoms with van der Waals surface area (Å²) in [6.45, 7) is 9.84. The molecule has 2 rings (SSSR count). The standard InChI is InChI=1S/C13H20ClN3/c1-10(2)17-8-7-16(9-11(17)3)13-12(14)5-4-6-15-13/h4-6,10-11H,7-9H2,1-3H3. The number of halogens is 1. The third-order valence-corrected chi connectivity index (χ3v) is 3.68. The molecule has 1 aliphatic rings. The fourth-order valence-corrected chi connectivity index (χ4v) is 2.78. The molecule has 0 amide bonds. The number of anilines is 1. The molecule has 1 fully saturated rings. The summed E-state index contributed by atoms with van der Waals surface area (Å²) in [5, 5.41) is 0.748. The minimum absolute atomic E-state index is 0.543. The van der Waals surface area contributed by atoms with Crippen molar-refractivity contribution < 1.29 is 0 Å². The maximum atomic E-state index is 6.19. The first kappa shape index (κ1) is 12.7. The molecule has 1 saturated heterocycles. The van der Waals surface area contributed by atoms with Gasteiger partial charge in [0.05, 0.1) is 5.02 Å². The van der Waals surface area contributed by atoms with E-state index in [1.165, 1.54) is 0 Å². The van der Waals surface area contributed by atoms with Crippen molar-refractivity contribution in [2.24, 2.45) is 0 Å². The van der Waals surface area contributed by atoms with Gasteiger partial charge in [0.15, 0.2) is 0 Å². The summed E-state index contributed by atoms with van der Waals surface area (Å²) in [5.41, 5.74) is 0. The molecule has 0 spiro atoms. The number of piperazine rings is 1. The van der Waals surface area contributed by atoms with Crippen molar-refractivity contribution in [2.45, 2.75) is 32.9 Å². The molecule has 1 unspecified atom stereocenters. The van der Waals surface area contributed by atoms with Crippen LogP contribution in [0.25, 0.3) is 0 Å². The van der Waals surface area contributed by atoms with E-state index in [2.05, 4.69) is 35.6 Å². The molecule has 0 aromatic carbocycles. The fraction of sp³-hybridized carbons (Fsp3) is 0.615. The molecule has 0 aliphatic carbocycles. The smallest absolute Gasteiger partial charge is 0.147 e. The van der Waals surface area contributed by atoms with Gasteiger partial charge in [-0.25, -0.2) is 4.98 Å². The van der Waals surface area contributed by atoms with E-state index in [1.54, 1.807) is 6.20 Å². The lowest BCUT2D eigenvalue weighted by molar-refractivity contribution is 0.148. The Morgan fingerprint density at radius 3 is 2.76 bits per heavy atom. The molecule has 0 saturated carbocycles. The average molecular weight is 254 g/mol. The van der Waals surface area contributed by atoms with E-state index in [-0.39, 0.29) is 0 Å². The quantitative estimate of drug-likeness (QED) is 0.808. The molecule has 0 bridgehead atoms. The molecule has 17 heavy (non-hydrogen) atoms. The van der Waals surface area contributed by atoms with Gasteiger partial charge in [0.1, 0.15) is 5.82 Å². The summed E-state index contributed by atoms with van der Waals surface area (Å²) in [7, 11) is 0. The number of aromatic nitrogens is 1. The Morgan fingerprint density at radius 1 is 1.41 bits per heavy atom. The lowest BCUT2D eigenvalue weighted by Crippen LogP contribution is -2.54. The normalized spacial score (nSPS) is 22.2. The largest absolute Gasteiger partial charge is 0.353 e. The van der Waals surface area contributed by atoms with Crippen LogP contribution in [0.5, 0.6) is 0 Å². The van der Waals surface area contributed by atoms with Crippen LogP contribution in [0, 0.1) is 0 Å². The second-order valence-electron chi connectivity index (χ2n) is 4.94. The Morgan fingerprint density at radius 2 is 2.18 bits per heavy atom. The van der Waals surface area contributed by atoms with E-state index in [9.17, 15) is 0 Å². The van der Waals surface area contributed by atoms with E-state index in [4.69, 9.17) is 11.6 Å². The molecule has 2 heterocycles. The molecule has 3 nitrogen and oxygen atoms in total. The molecule has 1 atom stereocenters. The Balaban J connectivity index is 2.10. The van der Waals surface area contributed by atoms with Crippen LogP contribution in [0.1, 0.15) is 20.8 Å². The third-order valence-electron chi connectivity index (χ3n) is 3.38. The highest BCUT2D eigenvalue weighted by atomic mass is 35.5. The van der Waals surface area contributed by atoms with Crippen LogP contribution >= 0.6 is 11.6 Å². The summed E-state index contributed by atoms with van der Waals surface area (Å²) in [5.74, 6) is 0.921. The van der Waals surface area contributed by atoms with Crippen molar-refractivity contribution in [3.05, 3.63) is 23.4 Å². The number of nitrogens with zero attached hydrogens (tertiary/aromatic N) is 3. The predicted molar refractivity (Wildman–Crippen MR) is 72.8 cm³/mol. The second kappa shape index (κ2) is 5.23. The summed E-state index contributed by atoms with van der Waals surface area (Å²) in [6, 6.07) is 4.93. The van der Waals surface area contributed by atoms with Gasteiger partial charge < -0.3 is 4.90 Å². The maximum Gasteiger partial charge on any atom is 0.147 e. The first-order chi connectivity index (χ1) is 8.09. The highest BCUT2D eigenvalue weighted by Crippen LogP contribution is 2.25. The van der Waals surface area contributed by atoms with Gasteiger partial charge in [0.25, 0.3) is 0 Å². The SMILES string of the molecule is CC(C)N1CCN(c2ncccc2Cl)CC1C. The third kappa shape index (κ3) is 2.72. The monoisotopic (exact) mass is 253 g/mol. The average Bonchev–Trinajstić information content (AvgIpc) is 2.29. The molecule has 94 valence electrons. The summed E-state index contributed by atoms with van der Waals surface area (Å²) < 4.78 is 0. The van der Waals surface area contributed by atoms with Gasteiger partial charge in [-0.2, -0.15) is 0 Å². The van der Waals surface area contributed by atoms with Crippen LogP contribution in [0.3, 0.4) is 0 Å². The van der Waals surface area contributed by atoms with Crippen LogP contribution in [-0.4, -0.2) is 41.6 Å². The molecule has 1 aromatic rings. The zero-order chi connectivity index (χ0) is 12.4. The number of hydrogen-bond donors (Lipinski definition) is 0. The molecule has 0 N–H and O–H groups in total. The van der Waals surface area contributed by atoms with Crippen LogP contribution in [0.15, 0.2) is 18.3 Å². The first-order valence-corrected chi connectivity index (χ1v) is 6.58. The van der Waals surface area contributed by atoms with Gasteiger partial charge in [-0.15, -0.1) is 0 Å². The first-order valence-electron chi connectivity index (χ1n) is 6.21. The van der Waals surface area contributed by atoms with E-state index < -0.39 is 0 Å². The molecule has 4 heteroatoms. The Labute approximate surface area is 108 Å². The summed E-state index contributed by atoms with van der Waals surface area (Å²) in [6.07, 6.45) is 1.81. The zero-order valence-corrected chi connectivity index (χ0v) is 11.5. The van der Waals surface area contributed by atoms with Crippen LogP contribution in [0.4, 0.5) is 5.82 Å². The molecular weight excluding hydrogens is 234 g/mol. The van der Waals surface area contributed by atoms with Crippen LogP contribution in [-0.2, 0) is 0 Å². The predicted octanol–water partition coefficient (Wildman–Crippen LogP) is 2.65. The zero-order valence-electron chi connectivity index (χ0n) is 10.7. The molecule has 1 aliphatic heterocycles. The van der Waals surface area contributed by atoms with Crippen molar-refractivity contribution in [2.75, 3.05) is 24.5 Å². The van der Waals surface area contributed by atoms with Gasteiger partial charge in [-0.3, -0.25) is 4.90 Å². The van der Waals surface area contributed by atoms with Gasteiger partial charge in [-0.1, -0.05) is 11.6 Å². The number of rotatable bonds is 2. The van der Waals surface area contributed by atoms with Gasteiger partial charge in [-0.05, 0) is 32.9 Å². The Kier molecular flexibility index (Phi) is 3.89. The number of hydrogen-bond acceptors (Lipinski definition) is 3. The highest BCUT2D eigenvalue weighted by molar-refractivity contribution is 6.32. The minimum Gasteiger partial charge on any atom is -0.353 e. The Bertz CT molecular complexity index is 381. The van der Waals surface area contributed by atoms with Crippen molar-refractivity contribution in [3.63, 3.8) is 0 Å². The van der Waals surface area contributed by atoms with Gasteiger partial charge in [0.2, 0.25) is 0 Å². The Hall–Kier alpha value is -0.800. The fourth-order valence-electron chi connectivity index (χ4n) is 2.54. The van der Waals surface area contributed by atoms with E-state index >= 15 is 0 Å². The molecular formula is C13H20ClN3. The topological polar surface area (TPSA) is 19.4 Å². The number of pyridine rings is 1. The van der Waals surface area contributed by atoms with E-state index in [0.717, 1.165) is 30.5 Å². The highest BCUT2D eigenvalue weighted by Gasteiger charge is 2.26. The van der Waals surface area contributed by atoms with Crippen molar-refractivity contribution in [1.82, 2.24) is 9.88 Å². The van der Waals surface area contributed by atoms with Gasteiger partial charge >= 0.3 is 0 Å². The summed E-state index contributed by atoms with van der Waals surface area (Å²) in [4.78, 5) is 9.19. The van der Waals surface area contributed by atoms with Crippen LogP contribution < -0.4 is 4.90 Å². The van der Waals surface area contributed by atoms with Crippen molar-refractivity contribution in [1.29, 1.82) is 0 Å².